The molecule has 2 heterocycles. The summed E-state index contributed by atoms with van der Waals surface area (Å²) in [5.74, 6) is -0.327. The third-order valence-electron chi connectivity index (χ3n) is 2.89. The summed E-state index contributed by atoms with van der Waals surface area (Å²) in [4.78, 5) is 23.3. The molecule has 0 fully saturated rings. The molecule has 0 radical (unpaired) electrons. The third kappa shape index (κ3) is 1.39. The normalized spacial score (nSPS) is 13.9. The van der Waals surface area contributed by atoms with Gasteiger partial charge in [0, 0.05) is 17.7 Å². The number of carboxylic acids is 1. The molecule has 17 heavy (non-hydrogen) atoms. The van der Waals surface area contributed by atoms with Crippen LogP contribution in [0.3, 0.4) is 0 Å². The molecule has 4 nitrogen and oxygen atoms in total. The lowest BCUT2D eigenvalue weighted by atomic mass is 10.1. The van der Waals surface area contributed by atoms with Crippen molar-refractivity contribution in [1.82, 2.24) is 4.57 Å². The van der Waals surface area contributed by atoms with Crippen molar-refractivity contribution in [2.75, 3.05) is 5.75 Å². The summed E-state index contributed by atoms with van der Waals surface area (Å²) in [5.41, 5.74) is 0.349. The highest BCUT2D eigenvalue weighted by molar-refractivity contribution is 7.99. The van der Waals surface area contributed by atoms with Crippen molar-refractivity contribution in [1.29, 1.82) is 0 Å². The van der Waals surface area contributed by atoms with Gasteiger partial charge in [0.2, 0.25) is 5.43 Å². The topological polar surface area (TPSA) is 59.3 Å². The Morgan fingerprint density at radius 1 is 1.35 bits per heavy atom. The SMILES string of the molecule is O=C(O)c1c2n(c3ccccc3c1=O)CCS2. The molecule has 0 saturated carbocycles. The average Bonchev–Trinajstić information content (AvgIpc) is 2.78. The maximum absolute atomic E-state index is 12.1. The molecule has 5 heteroatoms. The fraction of sp³-hybridized carbons (Fsp3) is 0.167. The minimum absolute atomic E-state index is 0.0915. The van der Waals surface area contributed by atoms with Crippen molar-refractivity contribution in [2.24, 2.45) is 0 Å². The van der Waals surface area contributed by atoms with Crippen molar-refractivity contribution in [3.05, 3.63) is 40.1 Å². The number of thioether (sulfide) groups is 1. The molecule has 0 bridgehead atoms. The lowest BCUT2D eigenvalue weighted by Crippen LogP contribution is -2.19. The number of aryl methyl sites for hydroxylation is 1. The number of para-hydroxylation sites is 1. The summed E-state index contributed by atoms with van der Waals surface area (Å²) in [5, 5.41) is 10.2. The molecule has 1 aromatic carbocycles. The molecule has 0 amide bonds. The minimum atomic E-state index is -1.14. The smallest absolute Gasteiger partial charge is 0.342 e. The molecule has 0 aliphatic carbocycles. The summed E-state index contributed by atoms with van der Waals surface area (Å²) in [7, 11) is 0. The fourth-order valence-corrected chi connectivity index (χ4v) is 3.31. The first-order valence-electron chi connectivity index (χ1n) is 5.22. The molecule has 0 spiro atoms. The van der Waals surface area contributed by atoms with Gasteiger partial charge in [0.25, 0.3) is 0 Å². The van der Waals surface area contributed by atoms with E-state index in [1.807, 2.05) is 16.7 Å². The van der Waals surface area contributed by atoms with Crippen LogP contribution in [0.15, 0.2) is 34.1 Å². The quantitative estimate of drug-likeness (QED) is 0.834. The molecule has 0 saturated heterocycles. The van der Waals surface area contributed by atoms with Crippen LogP contribution in [0, 0.1) is 0 Å². The first-order valence-corrected chi connectivity index (χ1v) is 6.20. The van der Waals surface area contributed by atoms with E-state index in [-0.39, 0.29) is 11.0 Å². The highest BCUT2D eigenvalue weighted by Gasteiger charge is 2.24. The van der Waals surface area contributed by atoms with Gasteiger partial charge in [-0.05, 0) is 12.1 Å². The first-order chi connectivity index (χ1) is 8.20. The lowest BCUT2D eigenvalue weighted by molar-refractivity contribution is 0.0690. The molecular weight excluding hydrogens is 238 g/mol. The minimum Gasteiger partial charge on any atom is -0.477 e. The summed E-state index contributed by atoms with van der Waals surface area (Å²) in [6, 6.07) is 7.15. The Hall–Kier alpha value is -1.75. The summed E-state index contributed by atoms with van der Waals surface area (Å²) in [6.07, 6.45) is 0. The number of benzene rings is 1. The van der Waals surface area contributed by atoms with E-state index in [4.69, 9.17) is 5.11 Å². The number of aromatic carboxylic acids is 1. The number of rotatable bonds is 1. The summed E-state index contributed by atoms with van der Waals surface area (Å²) in [6.45, 7) is 0.751. The highest BCUT2D eigenvalue weighted by Crippen LogP contribution is 2.31. The second kappa shape index (κ2) is 3.63. The van der Waals surface area contributed by atoms with Gasteiger partial charge in [-0.3, -0.25) is 4.79 Å². The molecule has 1 aliphatic heterocycles. The van der Waals surface area contributed by atoms with Crippen LogP contribution in [-0.2, 0) is 6.54 Å². The number of fused-ring (bicyclic) bond motifs is 3. The predicted octanol–water partition coefficient (Wildman–Crippen LogP) is 1.81. The number of nitrogens with zero attached hydrogens (tertiary/aromatic N) is 1. The average molecular weight is 247 g/mol. The van der Waals surface area contributed by atoms with E-state index in [9.17, 15) is 9.59 Å². The Kier molecular flexibility index (Phi) is 2.22. The van der Waals surface area contributed by atoms with E-state index in [0.29, 0.717) is 10.4 Å². The van der Waals surface area contributed by atoms with E-state index >= 15 is 0 Å². The van der Waals surface area contributed by atoms with Crippen LogP contribution in [0.5, 0.6) is 0 Å². The molecule has 3 rings (SSSR count). The van der Waals surface area contributed by atoms with Crippen LogP contribution in [0.2, 0.25) is 0 Å². The highest BCUT2D eigenvalue weighted by atomic mass is 32.2. The fourth-order valence-electron chi connectivity index (χ4n) is 2.17. The lowest BCUT2D eigenvalue weighted by Gasteiger charge is -2.10. The number of carboxylic acid groups (broad SMARTS) is 1. The van der Waals surface area contributed by atoms with Crippen LogP contribution >= 0.6 is 11.8 Å². The second-order valence-corrected chi connectivity index (χ2v) is 4.92. The van der Waals surface area contributed by atoms with Crippen LogP contribution in [0.25, 0.3) is 10.9 Å². The van der Waals surface area contributed by atoms with E-state index in [1.54, 1.807) is 12.1 Å². The van der Waals surface area contributed by atoms with Crippen molar-refractivity contribution in [3.63, 3.8) is 0 Å². The van der Waals surface area contributed by atoms with Gasteiger partial charge in [0.05, 0.1) is 10.5 Å². The zero-order valence-electron chi connectivity index (χ0n) is 8.84. The molecule has 1 aliphatic rings. The predicted molar refractivity (Wildman–Crippen MR) is 65.9 cm³/mol. The van der Waals surface area contributed by atoms with Gasteiger partial charge in [-0.15, -0.1) is 11.8 Å². The maximum atomic E-state index is 12.1. The van der Waals surface area contributed by atoms with E-state index < -0.39 is 5.97 Å². The Bertz CT molecular complexity index is 690. The van der Waals surface area contributed by atoms with Gasteiger partial charge in [0.15, 0.2) is 0 Å². The molecule has 0 unspecified atom stereocenters. The first kappa shape index (κ1) is 10.4. The molecule has 86 valence electrons. The van der Waals surface area contributed by atoms with Gasteiger partial charge in [-0.25, -0.2) is 4.79 Å². The van der Waals surface area contributed by atoms with Crippen LogP contribution in [0.4, 0.5) is 0 Å². The maximum Gasteiger partial charge on any atom is 0.342 e. The van der Waals surface area contributed by atoms with E-state index in [0.717, 1.165) is 17.8 Å². The number of hydrogen-bond donors (Lipinski definition) is 1. The number of carbonyl (C=O) groups is 1. The number of pyridine rings is 1. The van der Waals surface area contributed by atoms with Crippen LogP contribution in [0.1, 0.15) is 10.4 Å². The van der Waals surface area contributed by atoms with Crippen molar-refractivity contribution in [3.8, 4) is 0 Å². The third-order valence-corrected chi connectivity index (χ3v) is 3.98. The number of hydrogen-bond acceptors (Lipinski definition) is 3. The van der Waals surface area contributed by atoms with Gasteiger partial charge >= 0.3 is 5.97 Å². The van der Waals surface area contributed by atoms with Gasteiger partial charge in [0.1, 0.15) is 5.56 Å². The van der Waals surface area contributed by atoms with Gasteiger partial charge in [-0.2, -0.15) is 0 Å². The van der Waals surface area contributed by atoms with Crippen molar-refractivity contribution >= 4 is 28.6 Å². The Morgan fingerprint density at radius 2 is 2.12 bits per heavy atom. The van der Waals surface area contributed by atoms with Gasteiger partial charge < -0.3 is 9.67 Å². The second-order valence-electron chi connectivity index (χ2n) is 3.83. The van der Waals surface area contributed by atoms with E-state index in [2.05, 4.69) is 0 Å². The standard InChI is InChI=1S/C12H9NO3S/c14-10-7-3-1-2-4-8(7)13-5-6-17-11(13)9(10)12(15)16/h1-4H,5-6H2,(H,15,16). The van der Waals surface area contributed by atoms with Crippen molar-refractivity contribution in [2.45, 2.75) is 11.6 Å². The Labute approximate surface area is 101 Å². The molecule has 1 N–H and O–H groups in total. The Morgan fingerprint density at radius 3 is 2.88 bits per heavy atom. The molecular formula is C12H9NO3S. The van der Waals surface area contributed by atoms with Crippen LogP contribution < -0.4 is 5.43 Å². The zero-order valence-corrected chi connectivity index (χ0v) is 9.66. The van der Waals surface area contributed by atoms with Crippen molar-refractivity contribution < 1.29 is 9.90 Å². The Balaban J connectivity index is 2.55. The number of aromatic nitrogens is 1. The van der Waals surface area contributed by atoms with Crippen LogP contribution in [-0.4, -0.2) is 21.4 Å². The van der Waals surface area contributed by atoms with E-state index in [1.165, 1.54) is 11.8 Å². The monoisotopic (exact) mass is 247 g/mol. The summed E-state index contributed by atoms with van der Waals surface area (Å²) >= 11 is 1.43. The molecule has 1 aromatic heterocycles. The molecule has 2 aromatic rings. The van der Waals surface area contributed by atoms with Gasteiger partial charge in [-0.1, -0.05) is 12.1 Å². The zero-order chi connectivity index (χ0) is 12.0. The molecule has 0 atom stereocenters. The summed E-state index contributed by atoms with van der Waals surface area (Å²) < 4.78 is 1.92. The largest absolute Gasteiger partial charge is 0.477 e.